The molecule has 4 N–H and O–H groups in total. The van der Waals surface area contributed by atoms with Gasteiger partial charge in [-0.1, -0.05) is 12.1 Å². The first-order valence-electron chi connectivity index (χ1n) is 5.63. The first-order chi connectivity index (χ1) is 8.88. The number of amides is 2. The van der Waals surface area contributed by atoms with Gasteiger partial charge in [0.1, 0.15) is 11.8 Å². The Labute approximate surface area is 110 Å². The highest BCUT2D eigenvalue weighted by Crippen LogP contribution is 2.11. The Morgan fingerprint density at radius 2 is 1.84 bits per heavy atom. The Bertz CT molecular complexity index is 445. The van der Waals surface area contributed by atoms with Crippen LogP contribution in [0.25, 0.3) is 0 Å². The van der Waals surface area contributed by atoms with Crippen molar-refractivity contribution in [3.63, 3.8) is 0 Å². The average molecular weight is 267 g/mol. The van der Waals surface area contributed by atoms with Gasteiger partial charge in [-0.25, -0.2) is 14.6 Å². The van der Waals surface area contributed by atoms with Crippen molar-refractivity contribution in [1.82, 2.24) is 15.8 Å². The van der Waals surface area contributed by atoms with E-state index in [1.165, 1.54) is 17.1 Å². The van der Waals surface area contributed by atoms with Crippen molar-refractivity contribution >= 4 is 12.0 Å². The van der Waals surface area contributed by atoms with E-state index in [1.807, 2.05) is 0 Å². The number of carbonyl (C=O) groups excluding carboxylic acids is 1. The van der Waals surface area contributed by atoms with Crippen LogP contribution in [-0.2, 0) is 11.2 Å². The molecule has 0 bridgehead atoms. The van der Waals surface area contributed by atoms with E-state index in [4.69, 9.17) is 10.2 Å². The number of nitrogens with zero attached hydrogens (tertiary/aromatic N) is 1. The second-order valence-corrected chi connectivity index (χ2v) is 4.24. The number of aliphatic carboxylic acids is 1. The Balaban J connectivity index is 2.65. The predicted octanol–water partition coefficient (Wildman–Crippen LogP) is 0.164. The van der Waals surface area contributed by atoms with Crippen molar-refractivity contribution in [3.8, 4) is 5.75 Å². The lowest BCUT2D eigenvalue weighted by molar-refractivity contribution is -0.139. The van der Waals surface area contributed by atoms with Gasteiger partial charge in [-0.05, 0) is 17.7 Å². The zero-order chi connectivity index (χ0) is 14.4. The third kappa shape index (κ3) is 5.26. The van der Waals surface area contributed by atoms with Crippen LogP contribution in [0.15, 0.2) is 24.3 Å². The molecule has 2 amide bonds. The molecule has 1 unspecified atom stereocenters. The minimum atomic E-state index is -1.12. The van der Waals surface area contributed by atoms with Gasteiger partial charge >= 0.3 is 12.0 Å². The number of carbonyl (C=O) groups is 2. The summed E-state index contributed by atoms with van der Waals surface area (Å²) >= 11 is 0. The minimum Gasteiger partial charge on any atom is -0.508 e. The molecule has 1 atom stereocenters. The summed E-state index contributed by atoms with van der Waals surface area (Å²) in [4.78, 5) is 22.5. The van der Waals surface area contributed by atoms with E-state index in [-0.39, 0.29) is 12.2 Å². The smallest absolute Gasteiger partial charge is 0.330 e. The normalized spacial score (nSPS) is 11.9. The number of carboxylic acids is 1. The van der Waals surface area contributed by atoms with Crippen LogP contribution in [0.5, 0.6) is 5.75 Å². The number of phenolic OH excluding ortho intramolecular Hbond substituents is 1. The van der Waals surface area contributed by atoms with Crippen LogP contribution in [0.4, 0.5) is 4.79 Å². The third-order valence-corrected chi connectivity index (χ3v) is 2.30. The van der Waals surface area contributed by atoms with Gasteiger partial charge in [0.25, 0.3) is 0 Å². The number of aromatic hydroxyl groups is 1. The van der Waals surface area contributed by atoms with Crippen LogP contribution in [0.3, 0.4) is 0 Å². The molecule has 19 heavy (non-hydrogen) atoms. The zero-order valence-electron chi connectivity index (χ0n) is 10.8. The fraction of sp³-hybridized carbons (Fsp3) is 0.333. The number of nitrogens with one attached hydrogen (secondary N) is 2. The van der Waals surface area contributed by atoms with E-state index in [2.05, 4.69) is 10.7 Å². The number of hydrogen-bond acceptors (Lipinski definition) is 4. The van der Waals surface area contributed by atoms with Crippen LogP contribution in [0.1, 0.15) is 5.56 Å². The molecule has 0 aliphatic rings. The Kier molecular flexibility index (Phi) is 5.13. The average Bonchev–Trinajstić information content (AvgIpc) is 2.29. The molecule has 0 spiro atoms. The molecule has 0 saturated heterocycles. The fourth-order valence-electron chi connectivity index (χ4n) is 1.46. The molecule has 7 nitrogen and oxygen atoms in total. The van der Waals surface area contributed by atoms with Crippen molar-refractivity contribution in [2.24, 2.45) is 0 Å². The monoisotopic (exact) mass is 267 g/mol. The van der Waals surface area contributed by atoms with Gasteiger partial charge in [-0.2, -0.15) is 0 Å². The van der Waals surface area contributed by atoms with Gasteiger partial charge in [0.2, 0.25) is 0 Å². The molecule has 0 heterocycles. The summed E-state index contributed by atoms with van der Waals surface area (Å²) in [5.41, 5.74) is 3.11. The second kappa shape index (κ2) is 6.60. The van der Waals surface area contributed by atoms with Gasteiger partial charge in [0.05, 0.1) is 0 Å². The van der Waals surface area contributed by atoms with Crippen LogP contribution >= 0.6 is 0 Å². The molecule has 0 aromatic heterocycles. The number of carboxylic acid groups (broad SMARTS) is 1. The van der Waals surface area contributed by atoms with Crippen molar-refractivity contribution in [3.05, 3.63) is 29.8 Å². The molecule has 0 aliphatic heterocycles. The summed E-state index contributed by atoms with van der Waals surface area (Å²) in [6, 6.07) is 4.52. The Hall–Kier alpha value is -2.28. The summed E-state index contributed by atoms with van der Waals surface area (Å²) in [5, 5.41) is 22.0. The number of hydrazine groups is 1. The molecular formula is C12H17N3O4. The summed E-state index contributed by atoms with van der Waals surface area (Å²) in [6.07, 6.45) is 0.135. The molecule has 1 aromatic carbocycles. The van der Waals surface area contributed by atoms with Crippen molar-refractivity contribution in [2.75, 3.05) is 14.1 Å². The van der Waals surface area contributed by atoms with E-state index in [0.29, 0.717) is 5.56 Å². The topological polar surface area (TPSA) is 102 Å². The van der Waals surface area contributed by atoms with Gasteiger partial charge in [-0.3, -0.25) is 5.43 Å². The lowest BCUT2D eigenvalue weighted by Gasteiger charge is -2.17. The van der Waals surface area contributed by atoms with E-state index < -0.39 is 18.0 Å². The Morgan fingerprint density at radius 1 is 1.26 bits per heavy atom. The summed E-state index contributed by atoms with van der Waals surface area (Å²) < 4.78 is 0. The maximum absolute atomic E-state index is 11.4. The predicted molar refractivity (Wildman–Crippen MR) is 68.6 cm³/mol. The minimum absolute atomic E-state index is 0.105. The molecule has 1 rings (SSSR count). The fourth-order valence-corrected chi connectivity index (χ4v) is 1.46. The molecule has 0 saturated carbocycles. The summed E-state index contributed by atoms with van der Waals surface area (Å²) in [7, 11) is 3.24. The van der Waals surface area contributed by atoms with Crippen molar-refractivity contribution < 1.29 is 19.8 Å². The van der Waals surface area contributed by atoms with E-state index in [9.17, 15) is 9.59 Å². The molecular weight excluding hydrogens is 250 g/mol. The van der Waals surface area contributed by atoms with Gasteiger partial charge in [-0.15, -0.1) is 0 Å². The largest absolute Gasteiger partial charge is 0.508 e. The lowest BCUT2D eigenvalue weighted by atomic mass is 10.1. The number of benzene rings is 1. The van der Waals surface area contributed by atoms with Crippen molar-refractivity contribution in [1.29, 1.82) is 0 Å². The SMILES string of the molecule is CN(C)NC(=O)NC(Cc1ccc(O)cc1)C(=O)O. The highest BCUT2D eigenvalue weighted by molar-refractivity contribution is 5.82. The van der Waals surface area contributed by atoms with E-state index >= 15 is 0 Å². The first-order valence-corrected chi connectivity index (χ1v) is 5.63. The van der Waals surface area contributed by atoms with E-state index in [0.717, 1.165) is 0 Å². The van der Waals surface area contributed by atoms with Gasteiger partial charge in [0, 0.05) is 20.5 Å². The second-order valence-electron chi connectivity index (χ2n) is 4.24. The number of rotatable bonds is 5. The van der Waals surface area contributed by atoms with E-state index in [1.54, 1.807) is 26.2 Å². The number of hydrogen-bond donors (Lipinski definition) is 4. The van der Waals surface area contributed by atoms with Crippen LogP contribution in [-0.4, -0.2) is 47.4 Å². The van der Waals surface area contributed by atoms with Crippen LogP contribution in [0.2, 0.25) is 0 Å². The molecule has 1 aromatic rings. The van der Waals surface area contributed by atoms with Gasteiger partial charge in [0.15, 0.2) is 0 Å². The number of urea groups is 1. The highest BCUT2D eigenvalue weighted by atomic mass is 16.4. The van der Waals surface area contributed by atoms with Crippen LogP contribution < -0.4 is 10.7 Å². The highest BCUT2D eigenvalue weighted by Gasteiger charge is 2.20. The maximum Gasteiger partial charge on any atom is 0.330 e. The maximum atomic E-state index is 11.4. The third-order valence-electron chi connectivity index (χ3n) is 2.30. The zero-order valence-corrected chi connectivity index (χ0v) is 10.8. The number of phenols is 1. The first kappa shape index (κ1) is 14.8. The standard InChI is InChI=1S/C12H17N3O4/c1-15(2)14-12(19)13-10(11(17)18)7-8-3-5-9(16)6-4-8/h3-6,10,16H,7H2,1-2H3,(H,17,18)(H2,13,14,19). The molecule has 0 radical (unpaired) electrons. The lowest BCUT2D eigenvalue weighted by Crippen LogP contribution is -2.50. The molecule has 0 fully saturated rings. The molecule has 0 aliphatic carbocycles. The summed E-state index contributed by atoms with van der Waals surface area (Å²) in [5.74, 6) is -1.02. The van der Waals surface area contributed by atoms with Crippen molar-refractivity contribution in [2.45, 2.75) is 12.5 Å². The quantitative estimate of drug-likeness (QED) is 0.569. The Morgan fingerprint density at radius 3 is 2.32 bits per heavy atom. The van der Waals surface area contributed by atoms with Crippen LogP contribution in [0, 0.1) is 0 Å². The molecule has 104 valence electrons. The van der Waals surface area contributed by atoms with Gasteiger partial charge < -0.3 is 15.5 Å². The summed E-state index contributed by atoms with van der Waals surface area (Å²) in [6.45, 7) is 0. The molecule has 7 heteroatoms.